The fourth-order valence-electron chi connectivity index (χ4n) is 3.28. The molecule has 0 saturated carbocycles. The highest BCUT2D eigenvalue weighted by Gasteiger charge is 2.34. The third-order valence-electron chi connectivity index (χ3n) is 4.72. The van der Waals surface area contributed by atoms with E-state index in [1.165, 1.54) is 0 Å². The van der Waals surface area contributed by atoms with Crippen molar-refractivity contribution in [1.82, 2.24) is 10.2 Å². The molecule has 6 heteroatoms. The zero-order valence-corrected chi connectivity index (χ0v) is 15.6. The van der Waals surface area contributed by atoms with Crippen LogP contribution in [0.15, 0.2) is 48.5 Å². The number of hydrogen-bond acceptors (Lipinski definition) is 4. The van der Waals surface area contributed by atoms with E-state index in [0.29, 0.717) is 36.6 Å². The highest BCUT2D eigenvalue weighted by Crippen LogP contribution is 2.26. The molecule has 1 aliphatic rings. The number of hydrogen-bond donors (Lipinski definition) is 1. The van der Waals surface area contributed by atoms with Crippen LogP contribution in [0.1, 0.15) is 28.8 Å². The number of likely N-dealkylation sites (tertiary alicyclic amines) is 1. The Kier molecular flexibility index (Phi) is 5.96. The minimum absolute atomic E-state index is 0.125. The van der Waals surface area contributed by atoms with Crippen molar-refractivity contribution in [1.29, 1.82) is 0 Å². The van der Waals surface area contributed by atoms with Crippen molar-refractivity contribution in [2.24, 2.45) is 0 Å². The van der Waals surface area contributed by atoms with Gasteiger partial charge in [-0.2, -0.15) is 0 Å². The van der Waals surface area contributed by atoms with Crippen LogP contribution in [-0.2, 0) is 11.3 Å². The Morgan fingerprint density at radius 3 is 2.37 bits per heavy atom. The molecule has 3 rings (SSSR count). The monoisotopic (exact) mass is 368 g/mol. The van der Waals surface area contributed by atoms with Crippen LogP contribution in [0.3, 0.4) is 0 Å². The number of benzene rings is 2. The zero-order valence-electron chi connectivity index (χ0n) is 15.6. The van der Waals surface area contributed by atoms with Crippen molar-refractivity contribution in [3.05, 3.63) is 59.7 Å². The smallest absolute Gasteiger partial charge is 0.254 e. The Hall–Kier alpha value is -3.02. The second kappa shape index (κ2) is 8.58. The molecule has 0 unspecified atom stereocenters. The first-order valence-corrected chi connectivity index (χ1v) is 8.98. The number of nitrogens with zero attached hydrogens (tertiary/aromatic N) is 1. The van der Waals surface area contributed by atoms with Crippen LogP contribution in [0.25, 0.3) is 0 Å². The fourth-order valence-corrected chi connectivity index (χ4v) is 3.28. The van der Waals surface area contributed by atoms with Crippen LogP contribution in [-0.4, -0.2) is 43.5 Å². The summed E-state index contributed by atoms with van der Waals surface area (Å²) in [5.41, 5.74) is 1.48. The number of nitrogens with one attached hydrogen (secondary N) is 1. The van der Waals surface area contributed by atoms with E-state index >= 15 is 0 Å². The third-order valence-corrected chi connectivity index (χ3v) is 4.72. The average molecular weight is 368 g/mol. The first-order chi connectivity index (χ1) is 13.1. The van der Waals surface area contributed by atoms with Gasteiger partial charge in [-0.3, -0.25) is 9.59 Å². The average Bonchev–Trinajstić information content (AvgIpc) is 3.21. The van der Waals surface area contributed by atoms with Gasteiger partial charge in [0.15, 0.2) is 0 Å². The second-order valence-electron chi connectivity index (χ2n) is 6.46. The van der Waals surface area contributed by atoms with E-state index in [1.807, 2.05) is 30.3 Å². The molecule has 1 N–H and O–H groups in total. The van der Waals surface area contributed by atoms with Crippen molar-refractivity contribution < 1.29 is 19.1 Å². The molecule has 1 fully saturated rings. The lowest BCUT2D eigenvalue weighted by atomic mass is 10.1. The lowest BCUT2D eigenvalue weighted by Crippen LogP contribution is -2.45. The van der Waals surface area contributed by atoms with Gasteiger partial charge in [-0.25, -0.2) is 0 Å². The minimum atomic E-state index is -0.460. The number of carbonyl (C=O) groups excluding carboxylic acids is 2. The molecular weight excluding hydrogens is 344 g/mol. The van der Waals surface area contributed by atoms with Gasteiger partial charge in [0.1, 0.15) is 17.5 Å². The summed E-state index contributed by atoms with van der Waals surface area (Å²) in [6.45, 7) is 1.01. The van der Waals surface area contributed by atoms with E-state index in [2.05, 4.69) is 5.32 Å². The van der Waals surface area contributed by atoms with Gasteiger partial charge in [0.05, 0.1) is 14.2 Å². The van der Waals surface area contributed by atoms with Crippen LogP contribution in [0, 0.1) is 0 Å². The van der Waals surface area contributed by atoms with Crippen molar-refractivity contribution >= 4 is 11.8 Å². The summed E-state index contributed by atoms with van der Waals surface area (Å²) in [4.78, 5) is 27.3. The first-order valence-electron chi connectivity index (χ1n) is 8.98. The van der Waals surface area contributed by atoms with E-state index in [-0.39, 0.29) is 11.8 Å². The fraction of sp³-hybridized carbons (Fsp3) is 0.333. The third kappa shape index (κ3) is 4.39. The maximum Gasteiger partial charge on any atom is 0.254 e. The largest absolute Gasteiger partial charge is 0.497 e. The van der Waals surface area contributed by atoms with Crippen LogP contribution < -0.4 is 14.8 Å². The number of methoxy groups -OCH3 is 2. The summed E-state index contributed by atoms with van der Waals surface area (Å²) in [6.07, 6.45) is 1.46. The summed E-state index contributed by atoms with van der Waals surface area (Å²) < 4.78 is 10.5. The van der Waals surface area contributed by atoms with Crippen molar-refractivity contribution in [3.8, 4) is 11.5 Å². The molecule has 0 spiro atoms. The molecule has 1 saturated heterocycles. The Bertz CT molecular complexity index is 785. The molecule has 0 aliphatic carbocycles. The number of amides is 2. The lowest BCUT2D eigenvalue weighted by molar-refractivity contribution is -0.125. The summed E-state index contributed by atoms with van der Waals surface area (Å²) in [5.74, 6) is 0.771. The Morgan fingerprint density at radius 1 is 1.07 bits per heavy atom. The van der Waals surface area contributed by atoms with Gasteiger partial charge in [0.2, 0.25) is 5.91 Å². The molecule has 142 valence electrons. The number of rotatable bonds is 6. The maximum atomic E-state index is 13.0. The minimum Gasteiger partial charge on any atom is -0.497 e. The predicted molar refractivity (Wildman–Crippen MR) is 102 cm³/mol. The molecule has 6 nitrogen and oxygen atoms in total. The summed E-state index contributed by atoms with van der Waals surface area (Å²) >= 11 is 0. The van der Waals surface area contributed by atoms with Crippen molar-refractivity contribution in [2.75, 3.05) is 20.8 Å². The molecule has 0 aromatic heterocycles. The highest BCUT2D eigenvalue weighted by atomic mass is 16.5. The number of ether oxygens (including phenoxy) is 2. The van der Waals surface area contributed by atoms with Gasteiger partial charge in [0, 0.05) is 24.7 Å². The molecule has 2 aromatic carbocycles. The normalized spacial score (nSPS) is 16.1. The summed E-state index contributed by atoms with van der Waals surface area (Å²) in [7, 11) is 3.08. The Balaban J connectivity index is 1.71. The van der Waals surface area contributed by atoms with E-state index in [0.717, 1.165) is 12.0 Å². The molecule has 1 heterocycles. The number of carbonyl (C=O) groups is 2. The quantitative estimate of drug-likeness (QED) is 0.851. The van der Waals surface area contributed by atoms with Crippen molar-refractivity contribution in [3.63, 3.8) is 0 Å². The first kappa shape index (κ1) is 18.8. The van der Waals surface area contributed by atoms with Gasteiger partial charge in [-0.1, -0.05) is 30.3 Å². The molecule has 0 bridgehead atoms. The lowest BCUT2D eigenvalue weighted by Gasteiger charge is -2.24. The van der Waals surface area contributed by atoms with Crippen LogP contribution in [0.2, 0.25) is 0 Å². The molecule has 1 atom stereocenters. The molecule has 2 amide bonds. The van der Waals surface area contributed by atoms with E-state index in [1.54, 1.807) is 37.3 Å². The van der Waals surface area contributed by atoms with E-state index in [4.69, 9.17) is 9.47 Å². The van der Waals surface area contributed by atoms with Gasteiger partial charge in [-0.15, -0.1) is 0 Å². The zero-order chi connectivity index (χ0) is 19.2. The van der Waals surface area contributed by atoms with Gasteiger partial charge in [-0.05, 0) is 30.5 Å². The molecular formula is C21H24N2O4. The van der Waals surface area contributed by atoms with Gasteiger partial charge in [0.25, 0.3) is 5.91 Å². The van der Waals surface area contributed by atoms with Crippen LogP contribution in [0.4, 0.5) is 0 Å². The molecule has 0 radical (unpaired) electrons. The van der Waals surface area contributed by atoms with Crippen molar-refractivity contribution in [2.45, 2.75) is 25.4 Å². The van der Waals surface area contributed by atoms with Gasteiger partial charge >= 0.3 is 0 Å². The summed E-state index contributed by atoms with van der Waals surface area (Å²) in [5, 5.41) is 2.94. The Morgan fingerprint density at radius 2 is 1.74 bits per heavy atom. The van der Waals surface area contributed by atoms with Crippen LogP contribution in [0.5, 0.6) is 11.5 Å². The maximum absolute atomic E-state index is 13.0. The molecule has 27 heavy (non-hydrogen) atoms. The van der Waals surface area contributed by atoms with E-state index < -0.39 is 6.04 Å². The topological polar surface area (TPSA) is 67.9 Å². The van der Waals surface area contributed by atoms with Gasteiger partial charge < -0.3 is 19.7 Å². The summed E-state index contributed by atoms with van der Waals surface area (Å²) in [6, 6.07) is 14.3. The predicted octanol–water partition coefficient (Wildman–Crippen LogP) is 2.62. The van der Waals surface area contributed by atoms with Crippen LogP contribution >= 0.6 is 0 Å². The SMILES string of the molecule is COc1cc(OC)cc(C(=O)N2CCC[C@H]2C(=O)NCc2ccccc2)c1. The van der Waals surface area contributed by atoms with E-state index in [9.17, 15) is 9.59 Å². The molecule has 1 aliphatic heterocycles. The second-order valence-corrected chi connectivity index (χ2v) is 6.46. The Labute approximate surface area is 159 Å². The highest BCUT2D eigenvalue weighted by molar-refractivity contribution is 5.98. The molecule has 2 aromatic rings. The standard InChI is InChI=1S/C21H24N2O4/c1-26-17-11-16(12-18(13-17)27-2)21(25)23-10-6-9-19(23)20(24)22-14-15-7-4-3-5-8-15/h3-5,7-8,11-13,19H,6,9-10,14H2,1-2H3,(H,22,24)/t19-/m0/s1.